The van der Waals surface area contributed by atoms with Crippen LogP contribution in [0.4, 0.5) is 0 Å². The van der Waals surface area contributed by atoms with E-state index in [2.05, 4.69) is 15.8 Å². The fourth-order valence-electron chi connectivity index (χ4n) is 5.50. The average molecular weight is 598 g/mol. The van der Waals surface area contributed by atoms with Gasteiger partial charge in [-0.2, -0.15) is 0 Å². The van der Waals surface area contributed by atoms with Gasteiger partial charge in [0.15, 0.2) is 22.1 Å². The lowest BCUT2D eigenvalue weighted by atomic mass is 9.89. The largest absolute Gasteiger partial charge is 0.350 e. The van der Waals surface area contributed by atoms with Gasteiger partial charge in [-0.1, -0.05) is 48.7 Å². The van der Waals surface area contributed by atoms with Gasteiger partial charge in [-0.05, 0) is 62.1 Å². The summed E-state index contributed by atoms with van der Waals surface area (Å²) in [6, 6.07) is 11.2. The van der Waals surface area contributed by atoms with Gasteiger partial charge in [-0.3, -0.25) is 14.3 Å². The highest BCUT2D eigenvalue weighted by atomic mass is 32.2. The molecule has 2 N–H and O–H groups in total. The predicted molar refractivity (Wildman–Crippen MR) is 158 cm³/mol. The van der Waals surface area contributed by atoms with Gasteiger partial charge in [-0.25, -0.2) is 14.5 Å². The van der Waals surface area contributed by atoms with Crippen molar-refractivity contribution < 1.29 is 23.1 Å². The predicted octanol–water partition coefficient (Wildman–Crippen LogP) is 4.30. The zero-order chi connectivity index (χ0) is 29.5. The average Bonchev–Trinajstić information content (AvgIpc) is 3.48. The van der Waals surface area contributed by atoms with Gasteiger partial charge in [0.2, 0.25) is 0 Å². The molecule has 1 aromatic carbocycles. The molecule has 1 aliphatic heterocycles. The Balaban J connectivity index is 1.19. The number of nitrogens with zero attached hydrogens (tertiary/aromatic N) is 4. The Morgan fingerprint density at radius 1 is 1.10 bits per heavy atom. The highest BCUT2D eigenvalue weighted by Gasteiger charge is 2.40. The van der Waals surface area contributed by atoms with E-state index in [1.807, 2.05) is 41.2 Å². The minimum Gasteiger partial charge on any atom is -0.350 e. The summed E-state index contributed by atoms with van der Waals surface area (Å²) in [5.74, 6) is -0.0684. The highest BCUT2D eigenvalue weighted by molar-refractivity contribution is 7.81. The van der Waals surface area contributed by atoms with E-state index >= 15 is 0 Å². The first-order valence-electron chi connectivity index (χ1n) is 14.7. The van der Waals surface area contributed by atoms with Crippen LogP contribution in [-0.4, -0.2) is 51.9 Å². The molecule has 0 radical (unpaired) electrons. The summed E-state index contributed by atoms with van der Waals surface area (Å²) < 4.78 is 29.2. The second kappa shape index (κ2) is 13.9. The number of hydrogen-bond acceptors (Lipinski definition) is 7. The second-order valence-electron chi connectivity index (χ2n) is 11.4. The summed E-state index contributed by atoms with van der Waals surface area (Å²) >= 11 is -2.50. The van der Waals surface area contributed by atoms with E-state index in [0.29, 0.717) is 18.9 Å². The number of pyridine rings is 1. The minimum absolute atomic E-state index is 0.0494. The van der Waals surface area contributed by atoms with E-state index in [0.717, 1.165) is 41.8 Å². The fraction of sp³-hybridized carbons (Fsp3) is 0.533. The van der Waals surface area contributed by atoms with Gasteiger partial charge in [-0.15, -0.1) is 5.10 Å². The van der Waals surface area contributed by atoms with Crippen molar-refractivity contribution in [3.63, 3.8) is 0 Å². The number of aromatic nitrogens is 4. The third-order valence-corrected chi connectivity index (χ3v) is 9.50. The molecule has 3 heterocycles. The summed E-state index contributed by atoms with van der Waals surface area (Å²) in [6.07, 6.45) is 11.9. The Morgan fingerprint density at radius 3 is 2.52 bits per heavy atom. The van der Waals surface area contributed by atoms with Crippen LogP contribution in [0.3, 0.4) is 0 Å². The van der Waals surface area contributed by atoms with Gasteiger partial charge in [0.1, 0.15) is 5.69 Å². The molecule has 12 heteroatoms. The van der Waals surface area contributed by atoms with E-state index in [1.165, 1.54) is 49.7 Å². The van der Waals surface area contributed by atoms with Crippen LogP contribution in [0.2, 0.25) is 0 Å². The van der Waals surface area contributed by atoms with Crippen molar-refractivity contribution in [3.05, 3.63) is 59.1 Å². The summed E-state index contributed by atoms with van der Waals surface area (Å²) in [6.45, 7) is 2.89. The van der Waals surface area contributed by atoms with E-state index in [4.69, 9.17) is 9.57 Å². The van der Waals surface area contributed by atoms with Crippen LogP contribution in [-0.2, 0) is 38.5 Å². The number of hydrogen-bond donors (Lipinski definition) is 2. The van der Waals surface area contributed by atoms with Crippen molar-refractivity contribution in [1.82, 2.24) is 25.0 Å². The van der Waals surface area contributed by atoms with E-state index < -0.39 is 28.0 Å². The SMILES string of the molecule is CC(CCn1ccc(-c2ccc(-c3cn(CC4CCCCC4)nn3)cc2)cc1=O)(C(=O)NOC1CCCCO1)S(=O)O. The lowest BCUT2D eigenvalue weighted by Crippen LogP contribution is -2.49. The molecule has 1 aliphatic carbocycles. The number of carbonyl (C=O) groups excluding carboxylic acids is 1. The number of hydroxylamine groups is 1. The molecule has 3 unspecified atom stereocenters. The number of carbonyl (C=O) groups is 1. The molecule has 2 aromatic heterocycles. The van der Waals surface area contributed by atoms with E-state index in [1.54, 1.807) is 6.20 Å². The van der Waals surface area contributed by atoms with Gasteiger partial charge >= 0.3 is 0 Å². The van der Waals surface area contributed by atoms with Crippen molar-refractivity contribution in [1.29, 1.82) is 0 Å². The molecule has 226 valence electrons. The lowest BCUT2D eigenvalue weighted by molar-refractivity contribution is -0.201. The molecular formula is C30H39N5O6S. The van der Waals surface area contributed by atoms with E-state index in [9.17, 15) is 18.4 Å². The minimum atomic E-state index is -2.50. The number of rotatable bonds is 11. The fourth-order valence-corrected chi connectivity index (χ4v) is 5.97. The number of ether oxygens (including phenoxy) is 1. The Morgan fingerprint density at radius 2 is 1.83 bits per heavy atom. The summed E-state index contributed by atoms with van der Waals surface area (Å²) in [7, 11) is 0. The number of aryl methyl sites for hydroxylation is 1. The maximum Gasteiger partial charge on any atom is 0.264 e. The van der Waals surface area contributed by atoms with Crippen LogP contribution >= 0.6 is 0 Å². The Bertz CT molecular complexity index is 1430. The van der Waals surface area contributed by atoms with Crippen molar-refractivity contribution in [2.24, 2.45) is 5.92 Å². The molecule has 2 fully saturated rings. The number of nitrogens with one attached hydrogen (secondary N) is 1. The zero-order valence-corrected chi connectivity index (χ0v) is 24.8. The van der Waals surface area contributed by atoms with Crippen LogP contribution in [0.1, 0.15) is 64.7 Å². The molecular weight excluding hydrogens is 558 g/mol. The van der Waals surface area contributed by atoms with Crippen LogP contribution in [0, 0.1) is 5.92 Å². The number of amides is 1. The topological polar surface area (TPSA) is 138 Å². The third-order valence-electron chi connectivity index (χ3n) is 8.34. The van der Waals surface area contributed by atoms with Crippen molar-refractivity contribution >= 4 is 17.0 Å². The first-order chi connectivity index (χ1) is 20.3. The zero-order valence-electron chi connectivity index (χ0n) is 23.9. The normalized spacial score (nSPS) is 20.1. The first-order valence-corrected chi connectivity index (χ1v) is 15.8. The Hall–Kier alpha value is -3.19. The monoisotopic (exact) mass is 597 g/mol. The molecule has 3 aromatic rings. The molecule has 3 atom stereocenters. The summed E-state index contributed by atoms with van der Waals surface area (Å²) in [5, 5.41) is 8.68. The molecule has 5 rings (SSSR count). The quantitative estimate of drug-likeness (QED) is 0.247. The van der Waals surface area contributed by atoms with E-state index in [-0.39, 0.29) is 18.5 Å². The molecule has 0 spiro atoms. The summed E-state index contributed by atoms with van der Waals surface area (Å²) in [5.41, 5.74) is 5.39. The standard InChI is InChI=1S/C30H39N5O6S/c1-30(42(38)39,29(37)32-41-28-9-5-6-18-40-28)15-17-34-16-14-25(19-27(34)36)23-10-12-24(13-11-23)26-21-35(33-31-26)20-22-7-3-2-4-8-22/h10-14,16,19,21-22,28H,2-9,15,17-18,20H2,1H3,(H,32,37)(H,38,39). The highest BCUT2D eigenvalue weighted by Crippen LogP contribution is 2.27. The molecule has 1 amide bonds. The van der Waals surface area contributed by atoms with Crippen LogP contribution in [0.15, 0.2) is 53.6 Å². The van der Waals surface area contributed by atoms with Crippen LogP contribution < -0.4 is 11.0 Å². The maximum atomic E-state index is 12.9. The lowest BCUT2D eigenvalue weighted by Gasteiger charge is -2.27. The molecule has 11 nitrogen and oxygen atoms in total. The molecule has 1 saturated carbocycles. The molecule has 0 bridgehead atoms. The smallest absolute Gasteiger partial charge is 0.264 e. The Labute approximate surface area is 247 Å². The maximum absolute atomic E-state index is 12.9. The van der Waals surface area contributed by atoms with Crippen molar-refractivity contribution in [3.8, 4) is 22.4 Å². The molecule has 42 heavy (non-hydrogen) atoms. The van der Waals surface area contributed by atoms with Crippen molar-refractivity contribution in [2.75, 3.05) is 6.61 Å². The van der Waals surface area contributed by atoms with Gasteiger partial charge in [0.25, 0.3) is 11.5 Å². The van der Waals surface area contributed by atoms with Crippen LogP contribution in [0.25, 0.3) is 22.4 Å². The third kappa shape index (κ3) is 7.41. The molecule has 1 saturated heterocycles. The summed E-state index contributed by atoms with van der Waals surface area (Å²) in [4.78, 5) is 31.0. The van der Waals surface area contributed by atoms with Crippen LogP contribution in [0.5, 0.6) is 0 Å². The Kier molecular flexibility index (Phi) is 9.99. The first kappa shape index (κ1) is 30.3. The number of benzene rings is 1. The molecule has 2 aliphatic rings. The van der Waals surface area contributed by atoms with Crippen molar-refractivity contribution in [2.45, 2.75) is 88.8 Å². The van der Waals surface area contributed by atoms with Gasteiger partial charge in [0, 0.05) is 43.9 Å². The second-order valence-corrected chi connectivity index (χ2v) is 12.8. The van der Waals surface area contributed by atoms with Gasteiger partial charge in [0.05, 0.1) is 6.20 Å². The van der Waals surface area contributed by atoms with Gasteiger partial charge < -0.3 is 13.9 Å².